The number of rotatable bonds is 14. The Morgan fingerprint density at radius 1 is 0.953 bits per heavy atom. The second-order valence-corrected chi connectivity index (χ2v) is 11.7. The molecule has 0 spiro atoms. The third-order valence-electron chi connectivity index (χ3n) is 8.81. The number of benzene rings is 1. The van der Waals surface area contributed by atoms with Gasteiger partial charge >= 0.3 is 0 Å². The molecule has 2 heterocycles. The molecule has 4 rings (SSSR count). The molecule has 0 unspecified atom stereocenters. The van der Waals surface area contributed by atoms with Gasteiger partial charge in [0.1, 0.15) is 6.04 Å². The quantitative estimate of drug-likeness (QED) is 0.284. The summed E-state index contributed by atoms with van der Waals surface area (Å²) in [5.41, 5.74) is 2.78. The summed E-state index contributed by atoms with van der Waals surface area (Å²) in [7, 11) is 1.74. The number of aryl methyl sites for hydroxylation is 1. The average Bonchev–Trinajstić information content (AvgIpc) is 3.36. The number of ether oxygens (including phenoxy) is 2. The summed E-state index contributed by atoms with van der Waals surface area (Å²) in [4.78, 5) is 43.5. The predicted molar refractivity (Wildman–Crippen MR) is 165 cm³/mol. The maximum Gasteiger partial charge on any atom is 0.253 e. The molecule has 3 amide bonds. The molecule has 1 aliphatic heterocycles. The van der Waals surface area contributed by atoms with Gasteiger partial charge in [-0.2, -0.15) is 0 Å². The molecule has 43 heavy (non-hydrogen) atoms. The van der Waals surface area contributed by atoms with E-state index in [2.05, 4.69) is 21.3 Å². The van der Waals surface area contributed by atoms with Crippen molar-refractivity contribution in [3.05, 3.63) is 35.5 Å². The molecule has 2 atom stereocenters. The molecule has 11 heteroatoms. The van der Waals surface area contributed by atoms with Crippen LogP contribution in [0.4, 0.5) is 0 Å². The van der Waals surface area contributed by atoms with Crippen LogP contribution in [0, 0.1) is 12.8 Å². The van der Waals surface area contributed by atoms with Crippen molar-refractivity contribution in [1.29, 1.82) is 0 Å². The highest BCUT2D eigenvalue weighted by Crippen LogP contribution is 2.28. The Hall–Kier alpha value is -2.99. The topological polar surface area (TPSA) is 125 Å². The Morgan fingerprint density at radius 3 is 2.30 bits per heavy atom. The molecule has 2 aromatic rings. The van der Waals surface area contributed by atoms with Crippen LogP contribution in [0.25, 0.3) is 10.9 Å². The van der Waals surface area contributed by atoms with Gasteiger partial charge in [-0.3, -0.25) is 14.4 Å². The number of fused-ring (bicyclic) bond motifs is 1. The number of nitrogens with zero attached hydrogens (tertiary/aromatic N) is 3. The lowest BCUT2D eigenvalue weighted by Crippen LogP contribution is -2.59. The molecule has 1 aromatic carbocycles. The molecule has 1 aliphatic carbocycles. The smallest absolute Gasteiger partial charge is 0.253 e. The summed E-state index contributed by atoms with van der Waals surface area (Å²) in [5, 5.41) is 15.8. The van der Waals surface area contributed by atoms with E-state index in [4.69, 9.17) is 14.6 Å². The summed E-state index contributed by atoms with van der Waals surface area (Å²) < 4.78 is 13.1. The Balaban J connectivity index is 1.33. The number of carbonyl (C=O) groups excluding carboxylic acids is 3. The van der Waals surface area contributed by atoms with Gasteiger partial charge in [-0.15, -0.1) is 0 Å². The SMILES string of the molecule is CN[C@@H](C)C(=O)N[C@H](C(=O)N1CCN(C(=O)c2ccc3c(c2)cc(C)n3CCOCCOCCO)CC1)C1CCCCC1. The van der Waals surface area contributed by atoms with E-state index in [1.807, 2.05) is 34.9 Å². The zero-order valence-electron chi connectivity index (χ0n) is 26.0. The normalized spacial score (nSPS) is 17.7. The van der Waals surface area contributed by atoms with Crippen LogP contribution in [0.15, 0.2) is 24.3 Å². The molecule has 2 aliphatic rings. The van der Waals surface area contributed by atoms with Gasteiger partial charge in [-0.25, -0.2) is 0 Å². The molecule has 1 saturated heterocycles. The zero-order valence-corrected chi connectivity index (χ0v) is 26.0. The highest BCUT2D eigenvalue weighted by molar-refractivity contribution is 5.98. The highest BCUT2D eigenvalue weighted by Gasteiger charge is 2.36. The summed E-state index contributed by atoms with van der Waals surface area (Å²) in [6.45, 7) is 8.14. The van der Waals surface area contributed by atoms with Gasteiger partial charge in [-0.1, -0.05) is 19.3 Å². The van der Waals surface area contributed by atoms with E-state index in [-0.39, 0.29) is 36.3 Å². The fourth-order valence-electron chi connectivity index (χ4n) is 6.15. The summed E-state index contributed by atoms with van der Waals surface area (Å²) in [6, 6.07) is 7.00. The van der Waals surface area contributed by atoms with E-state index >= 15 is 0 Å². The highest BCUT2D eigenvalue weighted by atomic mass is 16.5. The second-order valence-electron chi connectivity index (χ2n) is 11.7. The van der Waals surface area contributed by atoms with E-state index in [9.17, 15) is 14.4 Å². The van der Waals surface area contributed by atoms with Crippen molar-refractivity contribution in [1.82, 2.24) is 25.0 Å². The van der Waals surface area contributed by atoms with E-state index in [1.165, 1.54) is 6.42 Å². The Morgan fingerprint density at radius 2 is 1.63 bits per heavy atom. The third-order valence-corrected chi connectivity index (χ3v) is 8.81. The minimum Gasteiger partial charge on any atom is -0.394 e. The van der Waals surface area contributed by atoms with Crippen LogP contribution in [0.1, 0.15) is 55.1 Å². The van der Waals surface area contributed by atoms with Crippen LogP contribution in [0.2, 0.25) is 0 Å². The van der Waals surface area contributed by atoms with Crippen molar-refractivity contribution in [3.63, 3.8) is 0 Å². The molecular weight excluding hydrogens is 550 g/mol. The van der Waals surface area contributed by atoms with Crippen LogP contribution in [0.5, 0.6) is 0 Å². The van der Waals surface area contributed by atoms with Crippen LogP contribution in [-0.4, -0.2) is 116 Å². The molecule has 1 aromatic heterocycles. The van der Waals surface area contributed by atoms with Gasteiger partial charge in [0, 0.05) is 54.9 Å². The molecule has 0 bridgehead atoms. The largest absolute Gasteiger partial charge is 0.394 e. The van der Waals surface area contributed by atoms with Crippen molar-refractivity contribution in [2.75, 3.05) is 66.3 Å². The number of aliphatic hydroxyl groups excluding tert-OH is 1. The number of hydrogen-bond acceptors (Lipinski definition) is 7. The standard InChI is InChI=1S/C32H49N5O6/c1-23-21-27-22-26(9-10-28(27)37(23)15-17-42-19-20-43-18-16-38)31(40)35-11-13-36(14-12-35)32(41)29(25-7-5-4-6-8-25)34-30(39)24(2)33-3/h9-10,21-22,24-25,29,33,38H,4-8,11-20H2,1-3H3,(H,34,39)/t24-,29-/m0/s1. The second kappa shape index (κ2) is 16.2. The van der Waals surface area contributed by atoms with Crippen molar-refractivity contribution in [2.24, 2.45) is 5.92 Å². The van der Waals surface area contributed by atoms with Crippen molar-refractivity contribution < 1.29 is 29.0 Å². The van der Waals surface area contributed by atoms with E-state index in [1.54, 1.807) is 14.0 Å². The first-order valence-electron chi connectivity index (χ1n) is 15.8. The third kappa shape index (κ3) is 8.56. The van der Waals surface area contributed by atoms with E-state index in [0.717, 1.165) is 42.3 Å². The Bertz CT molecular complexity index is 1220. The lowest BCUT2D eigenvalue weighted by molar-refractivity contribution is -0.140. The fraction of sp³-hybridized carbons (Fsp3) is 0.656. The molecule has 11 nitrogen and oxygen atoms in total. The minimum atomic E-state index is -0.523. The first kappa shape index (κ1) is 32.9. The van der Waals surface area contributed by atoms with Crippen LogP contribution in [0.3, 0.4) is 0 Å². The van der Waals surface area contributed by atoms with Gasteiger partial charge in [0.05, 0.1) is 39.1 Å². The van der Waals surface area contributed by atoms with Crippen LogP contribution < -0.4 is 10.6 Å². The van der Waals surface area contributed by atoms with Crippen molar-refractivity contribution in [3.8, 4) is 0 Å². The molecule has 0 radical (unpaired) electrons. The number of aromatic nitrogens is 1. The van der Waals surface area contributed by atoms with Gasteiger partial charge in [0.25, 0.3) is 5.91 Å². The van der Waals surface area contributed by atoms with Gasteiger partial charge < -0.3 is 39.6 Å². The number of aliphatic hydroxyl groups is 1. The number of likely N-dealkylation sites (N-methyl/N-ethyl adjacent to an activating group) is 1. The minimum absolute atomic E-state index is 0.00744. The maximum atomic E-state index is 13.7. The van der Waals surface area contributed by atoms with E-state index < -0.39 is 6.04 Å². The number of nitrogens with one attached hydrogen (secondary N) is 2. The zero-order chi connectivity index (χ0) is 30.8. The van der Waals surface area contributed by atoms with Gasteiger partial charge in [0.2, 0.25) is 11.8 Å². The Kier molecular flexibility index (Phi) is 12.4. The van der Waals surface area contributed by atoms with Gasteiger partial charge in [-0.05, 0) is 63.9 Å². The number of hydrogen-bond donors (Lipinski definition) is 3. The first-order valence-corrected chi connectivity index (χ1v) is 15.8. The Labute approximate surface area is 254 Å². The average molecular weight is 600 g/mol. The van der Waals surface area contributed by atoms with Crippen molar-refractivity contribution in [2.45, 2.75) is 64.6 Å². The number of carbonyl (C=O) groups is 3. The van der Waals surface area contributed by atoms with Crippen LogP contribution in [-0.2, 0) is 25.6 Å². The summed E-state index contributed by atoms with van der Waals surface area (Å²) in [6.07, 6.45) is 5.22. The first-order chi connectivity index (χ1) is 20.8. The van der Waals surface area contributed by atoms with Crippen LogP contribution >= 0.6 is 0 Å². The maximum absolute atomic E-state index is 13.7. The lowest BCUT2D eigenvalue weighted by Gasteiger charge is -2.39. The molecule has 2 fully saturated rings. The summed E-state index contributed by atoms with van der Waals surface area (Å²) in [5.74, 6) is -0.0777. The monoisotopic (exact) mass is 599 g/mol. The molecule has 1 saturated carbocycles. The number of amides is 3. The summed E-state index contributed by atoms with van der Waals surface area (Å²) >= 11 is 0. The van der Waals surface area contributed by atoms with E-state index in [0.29, 0.717) is 64.7 Å². The fourth-order valence-corrected chi connectivity index (χ4v) is 6.15. The predicted octanol–water partition coefficient (Wildman–Crippen LogP) is 1.93. The molecule has 238 valence electrons. The molecule has 3 N–H and O–H groups in total. The molecular formula is C32H49N5O6. The van der Waals surface area contributed by atoms with Crippen molar-refractivity contribution >= 4 is 28.6 Å². The van der Waals surface area contributed by atoms with Gasteiger partial charge in [0.15, 0.2) is 0 Å². The lowest BCUT2D eigenvalue weighted by atomic mass is 9.83. The number of piperazine rings is 1.